The lowest BCUT2D eigenvalue weighted by molar-refractivity contribution is 0.0519. The number of esters is 1. The van der Waals surface area contributed by atoms with Crippen LogP contribution in [0.1, 0.15) is 23.1 Å². The fourth-order valence-electron chi connectivity index (χ4n) is 2.21. The molecule has 5 nitrogen and oxygen atoms in total. The molecule has 2 aromatic rings. The zero-order valence-electron chi connectivity index (χ0n) is 11.2. The number of rotatable bonds is 2. The molecule has 0 fully saturated rings. The Morgan fingerprint density at radius 2 is 2.38 bits per heavy atom. The van der Waals surface area contributed by atoms with E-state index in [0.717, 1.165) is 20.7 Å². The lowest BCUT2D eigenvalue weighted by Gasteiger charge is -2.08. The Morgan fingerprint density at radius 3 is 3.14 bits per heavy atom. The van der Waals surface area contributed by atoms with Crippen molar-refractivity contribution in [3.63, 3.8) is 0 Å². The van der Waals surface area contributed by atoms with Gasteiger partial charge in [0.05, 0.1) is 23.9 Å². The van der Waals surface area contributed by atoms with Crippen molar-refractivity contribution in [3.05, 3.63) is 38.2 Å². The van der Waals surface area contributed by atoms with E-state index in [1.165, 1.54) is 0 Å². The second-order valence-electron chi connectivity index (χ2n) is 4.45. The standard InChI is InChI=1S/C14H12ClIN2O3/c1-2-20-14(19)13-12(15)9-5-6-21-11-4-3-8(16)7-10(11)18(9)17-13/h3-4,7H,2,5-6H2,1H3. The van der Waals surface area contributed by atoms with Crippen molar-refractivity contribution in [3.8, 4) is 11.4 Å². The number of hydrogen-bond donors (Lipinski definition) is 0. The van der Waals surface area contributed by atoms with Crippen LogP contribution in [-0.4, -0.2) is 29.0 Å². The average Bonchev–Trinajstić information content (AvgIpc) is 2.67. The molecule has 0 saturated heterocycles. The maximum Gasteiger partial charge on any atom is 0.360 e. The zero-order chi connectivity index (χ0) is 15.0. The normalized spacial score (nSPS) is 12.9. The zero-order valence-corrected chi connectivity index (χ0v) is 14.1. The summed E-state index contributed by atoms with van der Waals surface area (Å²) in [6.07, 6.45) is 0.580. The number of benzene rings is 1. The number of aromatic nitrogens is 2. The number of carbonyl (C=O) groups is 1. The van der Waals surface area contributed by atoms with Crippen LogP contribution in [0.3, 0.4) is 0 Å². The van der Waals surface area contributed by atoms with Crippen LogP contribution in [0.15, 0.2) is 18.2 Å². The fraction of sp³-hybridized carbons (Fsp3) is 0.286. The Bertz CT molecular complexity index is 714. The van der Waals surface area contributed by atoms with E-state index >= 15 is 0 Å². The van der Waals surface area contributed by atoms with Gasteiger partial charge >= 0.3 is 5.97 Å². The van der Waals surface area contributed by atoms with Gasteiger partial charge in [-0.25, -0.2) is 9.48 Å². The topological polar surface area (TPSA) is 53.3 Å². The van der Waals surface area contributed by atoms with E-state index in [4.69, 9.17) is 21.1 Å². The highest BCUT2D eigenvalue weighted by Crippen LogP contribution is 2.33. The number of fused-ring (bicyclic) bond motifs is 3. The van der Waals surface area contributed by atoms with Crippen molar-refractivity contribution in [1.82, 2.24) is 9.78 Å². The van der Waals surface area contributed by atoms with Gasteiger partial charge in [-0.05, 0) is 47.7 Å². The van der Waals surface area contributed by atoms with Crippen LogP contribution in [-0.2, 0) is 11.2 Å². The quantitative estimate of drug-likeness (QED) is 0.555. The summed E-state index contributed by atoms with van der Waals surface area (Å²) in [4.78, 5) is 11.9. The van der Waals surface area contributed by atoms with Crippen molar-refractivity contribution in [2.45, 2.75) is 13.3 Å². The first-order chi connectivity index (χ1) is 10.1. The predicted molar refractivity (Wildman–Crippen MR) is 86.4 cm³/mol. The number of halogens is 2. The van der Waals surface area contributed by atoms with Crippen molar-refractivity contribution in [2.75, 3.05) is 13.2 Å². The molecule has 1 aliphatic rings. The van der Waals surface area contributed by atoms with Gasteiger partial charge in [0, 0.05) is 9.99 Å². The van der Waals surface area contributed by atoms with Crippen LogP contribution in [0, 0.1) is 3.57 Å². The minimum Gasteiger partial charge on any atom is -0.491 e. The van der Waals surface area contributed by atoms with Gasteiger partial charge < -0.3 is 9.47 Å². The van der Waals surface area contributed by atoms with Crippen LogP contribution in [0.5, 0.6) is 5.75 Å². The summed E-state index contributed by atoms with van der Waals surface area (Å²) < 4.78 is 13.4. The third-order valence-corrected chi connectivity index (χ3v) is 4.20. The molecular weight excluding hydrogens is 407 g/mol. The molecule has 2 heterocycles. The Morgan fingerprint density at radius 1 is 1.57 bits per heavy atom. The van der Waals surface area contributed by atoms with Crippen LogP contribution >= 0.6 is 34.2 Å². The Kier molecular flexibility index (Phi) is 4.08. The molecule has 0 unspecified atom stereocenters. The lowest BCUT2D eigenvalue weighted by Crippen LogP contribution is -2.07. The van der Waals surface area contributed by atoms with Crippen molar-refractivity contribution in [1.29, 1.82) is 0 Å². The molecule has 3 rings (SSSR count). The maximum atomic E-state index is 11.9. The van der Waals surface area contributed by atoms with Gasteiger partial charge in [-0.2, -0.15) is 5.10 Å². The number of hydrogen-bond acceptors (Lipinski definition) is 4. The van der Waals surface area contributed by atoms with E-state index in [-0.39, 0.29) is 12.3 Å². The molecule has 1 aromatic carbocycles. The van der Waals surface area contributed by atoms with Gasteiger partial charge in [0.1, 0.15) is 11.4 Å². The van der Waals surface area contributed by atoms with E-state index in [2.05, 4.69) is 27.7 Å². The highest BCUT2D eigenvalue weighted by molar-refractivity contribution is 14.1. The summed E-state index contributed by atoms with van der Waals surface area (Å²) in [7, 11) is 0. The smallest absolute Gasteiger partial charge is 0.360 e. The molecule has 0 saturated carbocycles. The first-order valence-corrected chi connectivity index (χ1v) is 7.94. The number of ether oxygens (including phenoxy) is 2. The minimum absolute atomic E-state index is 0.153. The predicted octanol–water partition coefficient (Wildman–Crippen LogP) is 3.24. The molecule has 1 aliphatic heterocycles. The molecule has 0 N–H and O–H groups in total. The molecular formula is C14H12ClIN2O3. The summed E-state index contributed by atoms with van der Waals surface area (Å²) in [5.41, 5.74) is 1.70. The van der Waals surface area contributed by atoms with Gasteiger partial charge in [-0.15, -0.1) is 0 Å². The largest absolute Gasteiger partial charge is 0.491 e. The van der Waals surface area contributed by atoms with E-state index in [1.807, 2.05) is 18.2 Å². The summed E-state index contributed by atoms with van der Waals surface area (Å²) in [5, 5.41) is 4.67. The molecule has 1 aromatic heterocycles. The molecule has 0 radical (unpaired) electrons. The number of carbonyl (C=O) groups excluding carboxylic acids is 1. The molecule has 0 spiro atoms. The first-order valence-electron chi connectivity index (χ1n) is 6.49. The van der Waals surface area contributed by atoms with Crippen molar-refractivity contribution >= 4 is 40.2 Å². The molecule has 0 atom stereocenters. The van der Waals surface area contributed by atoms with Crippen LogP contribution < -0.4 is 4.74 Å². The Balaban J connectivity index is 2.17. The van der Waals surface area contributed by atoms with Crippen LogP contribution in [0.2, 0.25) is 5.02 Å². The second kappa shape index (κ2) is 5.84. The highest BCUT2D eigenvalue weighted by atomic mass is 127. The SMILES string of the molecule is CCOC(=O)c1nn2c(c1Cl)CCOc1ccc(I)cc1-2. The van der Waals surface area contributed by atoms with E-state index in [9.17, 15) is 4.79 Å². The molecule has 0 bridgehead atoms. The summed E-state index contributed by atoms with van der Waals surface area (Å²) >= 11 is 8.53. The lowest BCUT2D eigenvalue weighted by atomic mass is 10.2. The first kappa shape index (κ1) is 14.6. The van der Waals surface area contributed by atoms with E-state index in [1.54, 1.807) is 11.6 Å². The Hall–Kier alpha value is -1.28. The summed E-state index contributed by atoms with van der Waals surface area (Å²) in [5.74, 6) is 0.222. The van der Waals surface area contributed by atoms with Crippen molar-refractivity contribution < 1.29 is 14.3 Å². The molecule has 7 heteroatoms. The van der Waals surface area contributed by atoms with E-state index < -0.39 is 5.97 Å². The van der Waals surface area contributed by atoms with Gasteiger partial charge in [-0.1, -0.05) is 11.6 Å². The fourth-order valence-corrected chi connectivity index (χ4v) is 2.98. The van der Waals surface area contributed by atoms with Crippen LogP contribution in [0.4, 0.5) is 0 Å². The second-order valence-corrected chi connectivity index (χ2v) is 6.08. The van der Waals surface area contributed by atoms with Crippen molar-refractivity contribution in [2.24, 2.45) is 0 Å². The van der Waals surface area contributed by atoms with Gasteiger partial charge in [0.15, 0.2) is 5.69 Å². The minimum atomic E-state index is -0.504. The monoisotopic (exact) mass is 418 g/mol. The van der Waals surface area contributed by atoms with Crippen LogP contribution in [0.25, 0.3) is 5.69 Å². The third-order valence-electron chi connectivity index (χ3n) is 3.13. The summed E-state index contributed by atoms with van der Waals surface area (Å²) in [6.45, 7) is 2.52. The van der Waals surface area contributed by atoms with Gasteiger partial charge in [-0.3, -0.25) is 0 Å². The van der Waals surface area contributed by atoms with E-state index in [0.29, 0.717) is 18.1 Å². The summed E-state index contributed by atoms with van der Waals surface area (Å²) in [6, 6.07) is 5.80. The molecule has 0 aliphatic carbocycles. The number of nitrogens with zero attached hydrogens (tertiary/aromatic N) is 2. The highest BCUT2D eigenvalue weighted by Gasteiger charge is 2.26. The third kappa shape index (κ3) is 2.62. The molecule has 21 heavy (non-hydrogen) atoms. The van der Waals surface area contributed by atoms with Gasteiger partial charge in [0.25, 0.3) is 0 Å². The Labute approximate surface area is 140 Å². The average molecular weight is 419 g/mol. The maximum absolute atomic E-state index is 11.9. The molecule has 0 amide bonds. The molecule has 110 valence electrons. The van der Waals surface area contributed by atoms with Gasteiger partial charge in [0.2, 0.25) is 0 Å².